The van der Waals surface area contributed by atoms with Crippen LogP contribution < -0.4 is 10.5 Å². The molecule has 0 aliphatic rings. The van der Waals surface area contributed by atoms with Gasteiger partial charge in [-0.3, -0.25) is 4.72 Å². The average Bonchev–Trinajstić information content (AvgIpc) is 3.12. The number of benzene rings is 2. The van der Waals surface area contributed by atoms with Gasteiger partial charge in [0.25, 0.3) is 10.0 Å². The number of rotatable bonds is 6. The van der Waals surface area contributed by atoms with Crippen molar-refractivity contribution in [3.63, 3.8) is 0 Å². The van der Waals surface area contributed by atoms with Gasteiger partial charge in [-0.2, -0.15) is 0 Å². The number of aryl methyl sites for hydroxylation is 2. The molecule has 0 radical (unpaired) electrons. The molecule has 9 nitrogen and oxygen atoms in total. The maximum Gasteiger partial charge on any atom is 0.263 e. The van der Waals surface area contributed by atoms with E-state index in [2.05, 4.69) is 29.9 Å². The molecule has 0 aliphatic carbocycles. The second-order valence-corrected chi connectivity index (χ2v) is 9.65. The molecule has 0 unspecified atom stereocenters. The van der Waals surface area contributed by atoms with Crippen LogP contribution in [0.3, 0.4) is 0 Å². The summed E-state index contributed by atoms with van der Waals surface area (Å²) in [5.74, 6) is 0.298. The van der Waals surface area contributed by atoms with E-state index in [9.17, 15) is 12.8 Å². The van der Waals surface area contributed by atoms with Crippen LogP contribution in [0.1, 0.15) is 11.5 Å². The minimum Gasteiger partial charge on any atom is -0.375 e. The first-order valence-electron chi connectivity index (χ1n) is 9.59. The molecule has 4 aromatic rings. The highest BCUT2D eigenvalue weighted by molar-refractivity contribution is 7.92. The third kappa shape index (κ3) is 5.35. The molecule has 0 saturated heterocycles. The number of nitrogens with one attached hydrogen (secondary N) is 1. The summed E-state index contributed by atoms with van der Waals surface area (Å²) in [4.78, 5) is 12.5. The zero-order valence-electron chi connectivity index (χ0n) is 17.5. The predicted molar refractivity (Wildman–Crippen MR) is 125 cm³/mol. The lowest BCUT2D eigenvalue weighted by molar-refractivity contribution is 0.601. The topological polar surface area (TPSA) is 136 Å². The Morgan fingerprint density at radius 1 is 0.970 bits per heavy atom. The Balaban J connectivity index is 1.54. The number of nitrogens with zero attached hydrogens (tertiary/aromatic N) is 5. The molecule has 12 heteroatoms. The second-order valence-electron chi connectivity index (χ2n) is 6.95. The van der Waals surface area contributed by atoms with Gasteiger partial charge in [0, 0.05) is 17.3 Å². The van der Waals surface area contributed by atoms with Gasteiger partial charge in [0.2, 0.25) is 0 Å². The van der Waals surface area contributed by atoms with Crippen molar-refractivity contribution in [2.45, 2.75) is 18.7 Å². The fraction of sp³-hybridized carbons (Fsp3) is 0.0952. The fourth-order valence-electron chi connectivity index (χ4n) is 2.95. The van der Waals surface area contributed by atoms with Gasteiger partial charge in [0.15, 0.2) is 10.1 Å². The van der Waals surface area contributed by atoms with Crippen LogP contribution in [0, 0.1) is 19.7 Å². The Hall–Kier alpha value is -3.77. The molecule has 4 rings (SSSR count). The van der Waals surface area contributed by atoms with Crippen molar-refractivity contribution >= 4 is 43.0 Å². The number of hydrogen-bond acceptors (Lipinski definition) is 9. The van der Waals surface area contributed by atoms with Gasteiger partial charge in [-0.15, -0.1) is 10.2 Å². The van der Waals surface area contributed by atoms with Crippen LogP contribution in [-0.4, -0.2) is 23.4 Å². The molecule has 2 heterocycles. The van der Waals surface area contributed by atoms with Crippen LogP contribution in [-0.2, 0) is 10.0 Å². The van der Waals surface area contributed by atoms with E-state index in [0.29, 0.717) is 38.6 Å². The van der Waals surface area contributed by atoms with Gasteiger partial charge in [0.1, 0.15) is 23.2 Å². The van der Waals surface area contributed by atoms with Crippen LogP contribution in [0.25, 0.3) is 11.3 Å². The zero-order chi connectivity index (χ0) is 23.6. The average molecular weight is 484 g/mol. The standard InChI is InChI=1S/C21H18FN7O2S2/c1-12-11-18(25-13(2)24-12)29-33(30,31)17-9-7-16(8-10-17)27-28-20-19(26-21(23)32-20)14-3-5-15(22)6-4-14/h3-11H,1-2H3,(H2,23,26)(H,24,25,29). The summed E-state index contributed by atoms with van der Waals surface area (Å²) in [7, 11) is -3.84. The van der Waals surface area contributed by atoms with E-state index in [1.54, 1.807) is 32.0 Å². The minimum atomic E-state index is -3.84. The summed E-state index contributed by atoms with van der Waals surface area (Å²) in [5, 5.41) is 9.10. The third-order valence-electron chi connectivity index (χ3n) is 4.35. The predicted octanol–water partition coefficient (Wildman–Crippen LogP) is 5.15. The number of anilines is 2. The lowest BCUT2D eigenvalue weighted by Crippen LogP contribution is -2.14. The van der Waals surface area contributed by atoms with E-state index in [0.717, 1.165) is 11.3 Å². The maximum atomic E-state index is 13.2. The monoisotopic (exact) mass is 483 g/mol. The van der Waals surface area contributed by atoms with Gasteiger partial charge in [0.05, 0.1) is 10.6 Å². The Labute approximate surface area is 193 Å². The van der Waals surface area contributed by atoms with Crippen LogP contribution in [0.2, 0.25) is 0 Å². The van der Waals surface area contributed by atoms with Crippen LogP contribution in [0.4, 0.5) is 26.0 Å². The molecular formula is C21H18FN7O2S2. The Bertz CT molecular complexity index is 1410. The van der Waals surface area contributed by atoms with E-state index in [4.69, 9.17) is 5.73 Å². The SMILES string of the molecule is Cc1cc(NS(=O)(=O)c2ccc(N=Nc3sc(N)nc3-c3ccc(F)cc3)cc2)nc(C)n1. The van der Waals surface area contributed by atoms with Crippen LogP contribution in [0.5, 0.6) is 0 Å². The van der Waals surface area contributed by atoms with Crippen molar-refractivity contribution in [2.24, 2.45) is 10.2 Å². The fourth-order valence-corrected chi connectivity index (χ4v) is 4.62. The molecule has 2 aromatic heterocycles. The molecular weight excluding hydrogens is 465 g/mol. The number of azo groups is 1. The summed E-state index contributed by atoms with van der Waals surface area (Å²) >= 11 is 1.14. The number of nitrogen functional groups attached to an aromatic ring is 1. The lowest BCUT2D eigenvalue weighted by atomic mass is 10.1. The Kier molecular flexibility index (Phi) is 6.11. The summed E-state index contributed by atoms with van der Waals surface area (Å²) in [6.07, 6.45) is 0. The summed E-state index contributed by atoms with van der Waals surface area (Å²) in [6.45, 7) is 3.44. The summed E-state index contributed by atoms with van der Waals surface area (Å²) in [5.41, 5.74) is 8.04. The summed E-state index contributed by atoms with van der Waals surface area (Å²) < 4.78 is 41.0. The first kappa shape index (κ1) is 22.4. The molecule has 2 aromatic carbocycles. The van der Waals surface area contributed by atoms with E-state index in [1.165, 1.54) is 36.4 Å². The van der Waals surface area contributed by atoms with Crippen molar-refractivity contribution in [1.29, 1.82) is 0 Å². The molecule has 168 valence electrons. The van der Waals surface area contributed by atoms with Gasteiger partial charge in [-0.25, -0.2) is 27.8 Å². The molecule has 0 spiro atoms. The largest absolute Gasteiger partial charge is 0.375 e. The Morgan fingerprint density at radius 2 is 1.67 bits per heavy atom. The van der Waals surface area contributed by atoms with Crippen LogP contribution >= 0.6 is 11.3 Å². The van der Waals surface area contributed by atoms with Crippen LogP contribution in [0.15, 0.2) is 69.7 Å². The smallest absolute Gasteiger partial charge is 0.263 e. The lowest BCUT2D eigenvalue weighted by Gasteiger charge is -2.08. The molecule has 3 N–H and O–H groups in total. The van der Waals surface area contributed by atoms with Gasteiger partial charge in [-0.05, 0) is 62.4 Å². The van der Waals surface area contributed by atoms with Crippen molar-refractivity contribution in [1.82, 2.24) is 15.0 Å². The number of thiazole rings is 1. The zero-order valence-corrected chi connectivity index (χ0v) is 19.2. The maximum absolute atomic E-state index is 13.2. The normalized spacial score (nSPS) is 11.7. The van der Waals surface area contributed by atoms with E-state index >= 15 is 0 Å². The van der Waals surface area contributed by atoms with Crippen molar-refractivity contribution in [3.8, 4) is 11.3 Å². The number of hydrogen-bond donors (Lipinski definition) is 2. The molecule has 0 amide bonds. The highest BCUT2D eigenvalue weighted by Crippen LogP contribution is 2.37. The van der Waals surface area contributed by atoms with E-state index < -0.39 is 10.0 Å². The van der Waals surface area contributed by atoms with Crippen molar-refractivity contribution < 1.29 is 12.8 Å². The molecule has 0 saturated carbocycles. The second kappa shape index (κ2) is 9.00. The number of sulfonamides is 1. The molecule has 0 bridgehead atoms. The number of halogens is 1. The minimum absolute atomic E-state index is 0.0457. The molecule has 0 atom stereocenters. The van der Waals surface area contributed by atoms with Crippen molar-refractivity contribution in [3.05, 3.63) is 71.9 Å². The Morgan fingerprint density at radius 3 is 2.33 bits per heavy atom. The highest BCUT2D eigenvalue weighted by atomic mass is 32.2. The van der Waals surface area contributed by atoms with Crippen molar-refractivity contribution in [2.75, 3.05) is 10.5 Å². The van der Waals surface area contributed by atoms with Gasteiger partial charge >= 0.3 is 0 Å². The van der Waals surface area contributed by atoms with Gasteiger partial charge < -0.3 is 5.73 Å². The molecule has 33 heavy (non-hydrogen) atoms. The number of aromatic nitrogens is 3. The third-order valence-corrected chi connectivity index (χ3v) is 6.49. The first-order valence-corrected chi connectivity index (χ1v) is 11.9. The van der Waals surface area contributed by atoms with Gasteiger partial charge in [-0.1, -0.05) is 11.3 Å². The molecule has 0 fully saturated rings. The highest BCUT2D eigenvalue weighted by Gasteiger charge is 2.16. The van der Waals surface area contributed by atoms with E-state index in [-0.39, 0.29) is 16.5 Å². The number of nitrogens with two attached hydrogens (primary N) is 1. The summed E-state index contributed by atoms with van der Waals surface area (Å²) in [6, 6.07) is 13.2. The first-order chi connectivity index (χ1) is 15.7. The molecule has 0 aliphatic heterocycles. The van der Waals surface area contributed by atoms with E-state index in [1.807, 2.05) is 0 Å². The quantitative estimate of drug-likeness (QED) is 0.364.